The van der Waals surface area contributed by atoms with Gasteiger partial charge in [-0.05, 0) is 27.2 Å². The zero-order chi connectivity index (χ0) is 12.6. The summed E-state index contributed by atoms with van der Waals surface area (Å²) in [5.74, 6) is 0.260. The Bertz CT molecular complexity index is 301. The van der Waals surface area contributed by atoms with Crippen molar-refractivity contribution >= 4 is 6.09 Å². The lowest BCUT2D eigenvalue weighted by Gasteiger charge is -2.40. The molecule has 0 spiro atoms. The number of hydrogen-bond donors (Lipinski definition) is 1. The van der Waals surface area contributed by atoms with E-state index in [9.17, 15) is 4.79 Å². The lowest BCUT2D eigenvalue weighted by molar-refractivity contribution is 0.00325. The van der Waals surface area contributed by atoms with E-state index < -0.39 is 5.60 Å². The van der Waals surface area contributed by atoms with Gasteiger partial charge in [0.2, 0.25) is 0 Å². The molecule has 0 aromatic rings. The van der Waals surface area contributed by atoms with E-state index >= 15 is 0 Å². The molecule has 2 rings (SSSR count). The zero-order valence-corrected chi connectivity index (χ0v) is 10.8. The number of rotatable bonds is 0. The van der Waals surface area contributed by atoms with E-state index in [4.69, 9.17) is 15.2 Å². The molecule has 0 radical (unpaired) electrons. The fourth-order valence-electron chi connectivity index (χ4n) is 2.50. The molecule has 0 aliphatic carbocycles. The van der Waals surface area contributed by atoms with Gasteiger partial charge >= 0.3 is 6.09 Å². The number of carbonyl (C=O) groups is 1. The Balaban J connectivity index is 2.03. The molecule has 17 heavy (non-hydrogen) atoms. The molecule has 2 saturated heterocycles. The van der Waals surface area contributed by atoms with Crippen LogP contribution < -0.4 is 5.73 Å². The molecule has 98 valence electrons. The second-order valence-corrected chi connectivity index (χ2v) is 5.89. The quantitative estimate of drug-likeness (QED) is 0.687. The molecule has 0 saturated carbocycles. The van der Waals surface area contributed by atoms with Gasteiger partial charge in [0.25, 0.3) is 0 Å². The maximum Gasteiger partial charge on any atom is 0.410 e. The monoisotopic (exact) mass is 242 g/mol. The first kappa shape index (κ1) is 12.6. The van der Waals surface area contributed by atoms with E-state index in [0.717, 1.165) is 6.42 Å². The van der Waals surface area contributed by atoms with Crippen LogP contribution >= 0.6 is 0 Å². The number of nitrogens with zero attached hydrogens (tertiary/aromatic N) is 1. The summed E-state index contributed by atoms with van der Waals surface area (Å²) in [6.07, 6.45) is 0.578. The summed E-state index contributed by atoms with van der Waals surface area (Å²) in [6.45, 7) is 7.54. The van der Waals surface area contributed by atoms with Gasteiger partial charge in [-0.25, -0.2) is 4.79 Å². The average molecular weight is 242 g/mol. The standard InChI is InChI=1S/C12H22N2O3/c1-12(2,3)17-11(15)14-5-4-9(13)8-6-16-7-10(8)14/h8-10H,4-7,13H2,1-3H3. The Morgan fingerprint density at radius 3 is 2.76 bits per heavy atom. The fraction of sp³-hybridized carbons (Fsp3) is 0.917. The van der Waals surface area contributed by atoms with Gasteiger partial charge in [-0.15, -0.1) is 0 Å². The molecule has 2 aliphatic rings. The normalized spacial score (nSPS) is 33.4. The van der Waals surface area contributed by atoms with Crippen molar-refractivity contribution in [1.29, 1.82) is 0 Å². The average Bonchev–Trinajstić information content (AvgIpc) is 2.64. The topological polar surface area (TPSA) is 64.8 Å². The number of piperidine rings is 1. The number of hydrogen-bond acceptors (Lipinski definition) is 4. The molecule has 3 atom stereocenters. The minimum atomic E-state index is -0.453. The van der Waals surface area contributed by atoms with Gasteiger partial charge in [-0.1, -0.05) is 0 Å². The fourth-order valence-corrected chi connectivity index (χ4v) is 2.50. The van der Waals surface area contributed by atoms with Gasteiger partial charge in [0.15, 0.2) is 0 Å². The molecule has 3 unspecified atom stereocenters. The molecule has 0 aromatic heterocycles. The van der Waals surface area contributed by atoms with Crippen LogP contribution in [0.1, 0.15) is 27.2 Å². The van der Waals surface area contributed by atoms with Crippen LogP contribution in [-0.4, -0.2) is 48.4 Å². The molecule has 1 amide bonds. The van der Waals surface area contributed by atoms with E-state index in [1.807, 2.05) is 20.8 Å². The van der Waals surface area contributed by atoms with Crippen molar-refractivity contribution in [2.24, 2.45) is 11.7 Å². The Hall–Kier alpha value is -0.810. The van der Waals surface area contributed by atoms with Crippen molar-refractivity contribution in [2.45, 2.75) is 44.9 Å². The summed E-state index contributed by atoms with van der Waals surface area (Å²) in [5, 5.41) is 0. The highest BCUT2D eigenvalue weighted by Crippen LogP contribution is 2.29. The Labute approximate surface area is 102 Å². The first-order valence-corrected chi connectivity index (χ1v) is 6.21. The van der Waals surface area contributed by atoms with E-state index in [1.165, 1.54) is 0 Å². The third-order valence-electron chi connectivity index (χ3n) is 3.37. The van der Waals surface area contributed by atoms with Gasteiger partial charge < -0.3 is 20.1 Å². The maximum atomic E-state index is 12.1. The van der Waals surface area contributed by atoms with Crippen LogP contribution in [-0.2, 0) is 9.47 Å². The summed E-state index contributed by atoms with van der Waals surface area (Å²) in [7, 11) is 0. The van der Waals surface area contributed by atoms with Crippen molar-refractivity contribution < 1.29 is 14.3 Å². The molecule has 2 aliphatic heterocycles. The summed E-state index contributed by atoms with van der Waals surface area (Å²) in [4.78, 5) is 13.9. The number of likely N-dealkylation sites (tertiary alicyclic amines) is 1. The smallest absolute Gasteiger partial charge is 0.410 e. The SMILES string of the molecule is CC(C)(C)OC(=O)N1CCC(N)C2COCC21. The van der Waals surface area contributed by atoms with Gasteiger partial charge in [-0.2, -0.15) is 0 Å². The van der Waals surface area contributed by atoms with Crippen molar-refractivity contribution in [3.8, 4) is 0 Å². The van der Waals surface area contributed by atoms with Gasteiger partial charge in [-0.3, -0.25) is 0 Å². The van der Waals surface area contributed by atoms with Crippen molar-refractivity contribution in [3.05, 3.63) is 0 Å². The molecule has 2 N–H and O–H groups in total. The molecule has 5 heteroatoms. The van der Waals surface area contributed by atoms with Gasteiger partial charge in [0.1, 0.15) is 5.60 Å². The summed E-state index contributed by atoms with van der Waals surface area (Å²) < 4.78 is 10.9. The first-order valence-electron chi connectivity index (χ1n) is 6.21. The minimum Gasteiger partial charge on any atom is -0.444 e. The highest BCUT2D eigenvalue weighted by atomic mass is 16.6. The predicted octanol–water partition coefficient (Wildman–Crippen LogP) is 0.969. The second kappa shape index (κ2) is 4.46. The molecule has 2 heterocycles. The van der Waals surface area contributed by atoms with Crippen LogP contribution in [0.5, 0.6) is 0 Å². The summed E-state index contributed by atoms with van der Waals surface area (Å²) in [5.41, 5.74) is 5.60. The molecule has 2 fully saturated rings. The van der Waals surface area contributed by atoms with Crippen LogP contribution in [0.25, 0.3) is 0 Å². The van der Waals surface area contributed by atoms with E-state index in [0.29, 0.717) is 19.8 Å². The lowest BCUT2D eigenvalue weighted by Crippen LogP contribution is -2.56. The lowest BCUT2D eigenvalue weighted by atomic mass is 9.88. The molecular weight excluding hydrogens is 220 g/mol. The minimum absolute atomic E-state index is 0.0913. The number of carbonyl (C=O) groups excluding carboxylic acids is 1. The van der Waals surface area contributed by atoms with Crippen molar-refractivity contribution in [3.63, 3.8) is 0 Å². The van der Waals surface area contributed by atoms with Crippen molar-refractivity contribution in [2.75, 3.05) is 19.8 Å². The Kier molecular flexibility index (Phi) is 3.32. The Morgan fingerprint density at radius 1 is 1.41 bits per heavy atom. The molecular formula is C12H22N2O3. The van der Waals surface area contributed by atoms with Crippen molar-refractivity contribution in [1.82, 2.24) is 4.90 Å². The first-order chi connectivity index (χ1) is 7.88. The van der Waals surface area contributed by atoms with E-state index in [-0.39, 0.29) is 24.1 Å². The highest BCUT2D eigenvalue weighted by Gasteiger charge is 2.43. The molecule has 0 bridgehead atoms. The van der Waals surface area contributed by atoms with Crippen LogP contribution in [0.2, 0.25) is 0 Å². The van der Waals surface area contributed by atoms with Gasteiger partial charge in [0.05, 0.1) is 19.3 Å². The predicted molar refractivity (Wildman–Crippen MR) is 63.6 cm³/mol. The molecule has 0 aromatic carbocycles. The van der Waals surface area contributed by atoms with E-state index in [1.54, 1.807) is 4.90 Å². The van der Waals surface area contributed by atoms with Crippen LogP contribution in [0, 0.1) is 5.92 Å². The molecule has 5 nitrogen and oxygen atoms in total. The number of nitrogens with two attached hydrogens (primary N) is 1. The highest BCUT2D eigenvalue weighted by molar-refractivity contribution is 5.69. The maximum absolute atomic E-state index is 12.1. The number of fused-ring (bicyclic) bond motifs is 1. The summed E-state index contributed by atoms with van der Waals surface area (Å²) in [6, 6.07) is 0.231. The van der Waals surface area contributed by atoms with E-state index in [2.05, 4.69) is 0 Å². The zero-order valence-electron chi connectivity index (χ0n) is 10.8. The third kappa shape index (κ3) is 2.72. The van der Waals surface area contributed by atoms with Crippen LogP contribution in [0.4, 0.5) is 4.79 Å². The van der Waals surface area contributed by atoms with Crippen LogP contribution in [0.15, 0.2) is 0 Å². The number of ether oxygens (including phenoxy) is 2. The number of amides is 1. The largest absolute Gasteiger partial charge is 0.444 e. The Morgan fingerprint density at radius 2 is 2.12 bits per heavy atom. The van der Waals surface area contributed by atoms with Crippen LogP contribution in [0.3, 0.4) is 0 Å². The summed E-state index contributed by atoms with van der Waals surface area (Å²) >= 11 is 0. The third-order valence-corrected chi connectivity index (χ3v) is 3.37. The second-order valence-electron chi connectivity index (χ2n) is 5.89. The van der Waals surface area contributed by atoms with Gasteiger partial charge in [0, 0.05) is 18.5 Å².